The van der Waals surface area contributed by atoms with E-state index in [0.29, 0.717) is 5.56 Å². The Morgan fingerprint density at radius 2 is 2.19 bits per heavy atom. The molecule has 3 rings (SSSR count). The summed E-state index contributed by atoms with van der Waals surface area (Å²) >= 11 is 0. The van der Waals surface area contributed by atoms with Crippen LogP contribution in [-0.2, 0) is 6.54 Å². The first kappa shape index (κ1) is 13.8. The van der Waals surface area contributed by atoms with Crippen LogP contribution in [0, 0.1) is 6.92 Å². The Morgan fingerprint density at radius 3 is 2.90 bits per heavy atom. The van der Waals surface area contributed by atoms with Gasteiger partial charge in [-0.3, -0.25) is 14.8 Å². The highest BCUT2D eigenvalue weighted by Gasteiger charge is 2.13. The number of hydrogen-bond donors (Lipinski definition) is 2. The molecule has 2 aromatic rings. The molecule has 1 aromatic carbocycles. The number of aryl methyl sites for hydroxylation is 1. The smallest absolute Gasteiger partial charge is 0.259 e. The number of H-pyrrole nitrogens is 1. The molecule has 5 heteroatoms. The van der Waals surface area contributed by atoms with E-state index in [1.54, 1.807) is 6.20 Å². The topological polar surface area (TPSA) is 61.0 Å². The molecule has 5 nitrogen and oxygen atoms in total. The second kappa shape index (κ2) is 6.10. The molecule has 2 N–H and O–H groups in total. The molecule has 1 aliphatic heterocycles. The summed E-state index contributed by atoms with van der Waals surface area (Å²) in [5.74, 6) is -0.125. The number of hydrogen-bond acceptors (Lipinski definition) is 3. The van der Waals surface area contributed by atoms with Gasteiger partial charge < -0.3 is 5.32 Å². The van der Waals surface area contributed by atoms with Gasteiger partial charge in [0, 0.05) is 17.9 Å². The van der Waals surface area contributed by atoms with Crippen LogP contribution in [0.15, 0.2) is 30.5 Å². The van der Waals surface area contributed by atoms with E-state index >= 15 is 0 Å². The van der Waals surface area contributed by atoms with Gasteiger partial charge in [0.1, 0.15) is 0 Å². The molecule has 1 amide bonds. The highest BCUT2D eigenvalue weighted by molar-refractivity contribution is 6.04. The van der Waals surface area contributed by atoms with Crippen molar-refractivity contribution in [3.63, 3.8) is 0 Å². The van der Waals surface area contributed by atoms with Crippen molar-refractivity contribution in [2.45, 2.75) is 26.3 Å². The van der Waals surface area contributed by atoms with Gasteiger partial charge >= 0.3 is 0 Å². The zero-order valence-corrected chi connectivity index (χ0v) is 12.2. The number of aromatic amines is 1. The lowest BCUT2D eigenvalue weighted by Gasteiger charge is -2.15. The Kier molecular flexibility index (Phi) is 4.01. The van der Waals surface area contributed by atoms with Crippen LogP contribution in [0.25, 0.3) is 0 Å². The van der Waals surface area contributed by atoms with Crippen LogP contribution in [-0.4, -0.2) is 34.1 Å². The van der Waals surface area contributed by atoms with Crippen LogP contribution < -0.4 is 5.32 Å². The Bertz CT molecular complexity index is 629. The van der Waals surface area contributed by atoms with E-state index in [2.05, 4.69) is 26.5 Å². The normalized spacial score (nSPS) is 15.3. The second-order valence-electron chi connectivity index (χ2n) is 5.55. The first-order valence-corrected chi connectivity index (χ1v) is 7.35. The zero-order chi connectivity index (χ0) is 14.7. The van der Waals surface area contributed by atoms with E-state index < -0.39 is 0 Å². The van der Waals surface area contributed by atoms with Crippen molar-refractivity contribution in [3.05, 3.63) is 47.3 Å². The van der Waals surface area contributed by atoms with Gasteiger partial charge in [-0.2, -0.15) is 5.10 Å². The molecule has 21 heavy (non-hydrogen) atoms. The quantitative estimate of drug-likeness (QED) is 0.907. The number of nitrogens with zero attached hydrogens (tertiary/aromatic N) is 2. The van der Waals surface area contributed by atoms with Gasteiger partial charge in [-0.25, -0.2) is 0 Å². The summed E-state index contributed by atoms with van der Waals surface area (Å²) in [5.41, 5.74) is 3.43. The van der Waals surface area contributed by atoms with Gasteiger partial charge in [0.25, 0.3) is 5.91 Å². The summed E-state index contributed by atoms with van der Waals surface area (Å²) in [6, 6.07) is 8.06. The molecule has 1 saturated heterocycles. The van der Waals surface area contributed by atoms with Gasteiger partial charge in [0.2, 0.25) is 0 Å². The molecule has 110 valence electrons. The number of anilines is 1. The number of likely N-dealkylation sites (tertiary alicyclic amines) is 1. The van der Waals surface area contributed by atoms with E-state index in [0.717, 1.165) is 17.9 Å². The minimum atomic E-state index is -0.125. The van der Waals surface area contributed by atoms with E-state index in [1.807, 2.05) is 25.1 Å². The molecule has 0 spiro atoms. The SMILES string of the molecule is Cc1[nH]ncc1C(=O)Nc1cccc(CN2CCCC2)c1. The number of carbonyl (C=O) groups excluding carboxylic acids is 1. The Hall–Kier alpha value is -2.14. The molecule has 1 aromatic heterocycles. The molecular formula is C16H20N4O. The summed E-state index contributed by atoms with van der Waals surface area (Å²) in [7, 11) is 0. The molecule has 0 atom stereocenters. The summed E-state index contributed by atoms with van der Waals surface area (Å²) in [6.07, 6.45) is 4.13. The first-order valence-electron chi connectivity index (χ1n) is 7.35. The molecule has 0 bridgehead atoms. The van der Waals surface area contributed by atoms with Crippen LogP contribution in [0.4, 0.5) is 5.69 Å². The third-order valence-corrected chi connectivity index (χ3v) is 3.86. The van der Waals surface area contributed by atoms with Crippen molar-refractivity contribution in [2.24, 2.45) is 0 Å². The number of benzene rings is 1. The predicted octanol–water partition coefficient (Wildman–Crippen LogP) is 2.57. The number of carbonyl (C=O) groups is 1. The van der Waals surface area contributed by atoms with Crippen LogP contribution in [0.1, 0.15) is 34.5 Å². The zero-order valence-electron chi connectivity index (χ0n) is 12.2. The lowest BCUT2D eigenvalue weighted by atomic mass is 10.1. The number of amides is 1. The van der Waals surface area contributed by atoms with Gasteiger partial charge in [-0.05, 0) is 50.6 Å². The number of rotatable bonds is 4. The van der Waals surface area contributed by atoms with Gasteiger partial charge in [0.15, 0.2) is 0 Å². The van der Waals surface area contributed by atoms with E-state index in [9.17, 15) is 4.79 Å². The Morgan fingerprint density at radius 1 is 1.38 bits per heavy atom. The number of nitrogens with one attached hydrogen (secondary N) is 2. The largest absolute Gasteiger partial charge is 0.322 e. The molecule has 1 aliphatic rings. The second-order valence-corrected chi connectivity index (χ2v) is 5.55. The summed E-state index contributed by atoms with van der Waals surface area (Å²) in [6.45, 7) is 5.13. The molecule has 2 heterocycles. The fraction of sp³-hybridized carbons (Fsp3) is 0.375. The molecule has 1 fully saturated rings. The highest BCUT2D eigenvalue weighted by Crippen LogP contribution is 2.17. The van der Waals surface area contributed by atoms with E-state index in [-0.39, 0.29) is 5.91 Å². The average molecular weight is 284 g/mol. The van der Waals surface area contributed by atoms with Crippen LogP contribution in [0.2, 0.25) is 0 Å². The van der Waals surface area contributed by atoms with Crippen LogP contribution >= 0.6 is 0 Å². The van der Waals surface area contributed by atoms with E-state index in [1.165, 1.54) is 31.5 Å². The molecular weight excluding hydrogens is 264 g/mol. The van der Waals surface area contributed by atoms with Crippen molar-refractivity contribution in [1.82, 2.24) is 15.1 Å². The van der Waals surface area contributed by atoms with Crippen molar-refractivity contribution in [1.29, 1.82) is 0 Å². The lowest BCUT2D eigenvalue weighted by Crippen LogP contribution is -2.18. The highest BCUT2D eigenvalue weighted by atomic mass is 16.1. The minimum Gasteiger partial charge on any atom is -0.322 e. The molecule has 0 unspecified atom stereocenters. The minimum absolute atomic E-state index is 0.125. The Labute approximate surface area is 124 Å². The fourth-order valence-corrected chi connectivity index (χ4v) is 2.72. The molecule has 0 saturated carbocycles. The van der Waals surface area contributed by atoms with Crippen molar-refractivity contribution < 1.29 is 4.79 Å². The van der Waals surface area contributed by atoms with Crippen LogP contribution in [0.3, 0.4) is 0 Å². The Balaban J connectivity index is 1.68. The molecule has 0 radical (unpaired) electrons. The van der Waals surface area contributed by atoms with Crippen molar-refractivity contribution >= 4 is 11.6 Å². The standard InChI is InChI=1S/C16H20N4O/c1-12-15(10-17-19-12)16(21)18-14-6-4-5-13(9-14)11-20-7-2-3-8-20/h4-6,9-10H,2-3,7-8,11H2,1H3,(H,17,19)(H,18,21). The summed E-state index contributed by atoms with van der Waals surface area (Å²) < 4.78 is 0. The molecule has 0 aliphatic carbocycles. The third-order valence-electron chi connectivity index (χ3n) is 3.86. The van der Waals surface area contributed by atoms with Gasteiger partial charge in [0.05, 0.1) is 11.8 Å². The monoisotopic (exact) mass is 284 g/mol. The van der Waals surface area contributed by atoms with Crippen molar-refractivity contribution in [3.8, 4) is 0 Å². The predicted molar refractivity (Wildman–Crippen MR) is 82.2 cm³/mol. The van der Waals surface area contributed by atoms with Gasteiger partial charge in [-0.1, -0.05) is 12.1 Å². The van der Waals surface area contributed by atoms with Crippen LogP contribution in [0.5, 0.6) is 0 Å². The fourth-order valence-electron chi connectivity index (χ4n) is 2.72. The third kappa shape index (κ3) is 3.31. The lowest BCUT2D eigenvalue weighted by molar-refractivity contribution is 0.102. The summed E-state index contributed by atoms with van der Waals surface area (Å²) in [5, 5.41) is 9.59. The van der Waals surface area contributed by atoms with E-state index in [4.69, 9.17) is 0 Å². The summed E-state index contributed by atoms with van der Waals surface area (Å²) in [4.78, 5) is 14.6. The maximum atomic E-state index is 12.2. The first-order chi connectivity index (χ1) is 10.2. The van der Waals surface area contributed by atoms with Gasteiger partial charge in [-0.15, -0.1) is 0 Å². The average Bonchev–Trinajstić information content (AvgIpc) is 3.10. The maximum Gasteiger partial charge on any atom is 0.259 e. The van der Waals surface area contributed by atoms with Crippen molar-refractivity contribution in [2.75, 3.05) is 18.4 Å². The maximum absolute atomic E-state index is 12.2. The number of aromatic nitrogens is 2.